The van der Waals surface area contributed by atoms with Crippen LogP contribution in [0, 0.1) is 0 Å². The van der Waals surface area contributed by atoms with Crippen molar-refractivity contribution < 1.29 is 4.79 Å². The van der Waals surface area contributed by atoms with Crippen molar-refractivity contribution >= 4 is 5.78 Å². The number of hydrogen-bond acceptors (Lipinski definition) is 3. The van der Waals surface area contributed by atoms with Crippen LogP contribution in [0.2, 0.25) is 0 Å². The fourth-order valence-electron chi connectivity index (χ4n) is 3.05. The lowest BCUT2D eigenvalue weighted by molar-refractivity contribution is -0.123. The Balaban J connectivity index is 0.000000192. The minimum atomic E-state index is 0.455. The van der Waals surface area contributed by atoms with Gasteiger partial charge in [0.15, 0.2) is 0 Å². The smallest absolute Gasteiger partial charge is 0.136 e. The van der Waals surface area contributed by atoms with Crippen molar-refractivity contribution in [2.45, 2.75) is 89.8 Å². The van der Waals surface area contributed by atoms with Crippen LogP contribution in [0.4, 0.5) is 0 Å². The van der Waals surface area contributed by atoms with Crippen LogP contribution < -0.4 is 5.73 Å². The molecule has 0 radical (unpaired) electrons. The zero-order valence-electron chi connectivity index (χ0n) is 13.0. The first-order valence-electron chi connectivity index (χ1n) is 8.07. The highest BCUT2D eigenvalue weighted by Crippen LogP contribution is 2.31. The monoisotopic (exact) mass is 268 g/mol. The molecule has 0 spiro atoms. The molecule has 2 rings (SSSR count). The fraction of sp³-hybridized carbons (Fsp3) is 0.938. The van der Waals surface area contributed by atoms with Gasteiger partial charge in [0.25, 0.3) is 0 Å². The Labute approximate surface area is 118 Å². The van der Waals surface area contributed by atoms with Gasteiger partial charge in [0, 0.05) is 31.0 Å². The summed E-state index contributed by atoms with van der Waals surface area (Å²) in [4.78, 5) is 13.4. The molecule has 2 aliphatic heterocycles. The van der Waals surface area contributed by atoms with E-state index in [2.05, 4.69) is 25.8 Å². The SMILES string of the molecule is CCCCCC(N)CC.CN1C2CCC1CC(=O)C2. The highest BCUT2D eigenvalue weighted by Gasteiger charge is 2.37. The predicted molar refractivity (Wildman–Crippen MR) is 81.2 cm³/mol. The van der Waals surface area contributed by atoms with E-state index in [-0.39, 0.29) is 0 Å². The summed E-state index contributed by atoms with van der Waals surface area (Å²) in [6, 6.07) is 1.63. The third-order valence-electron chi connectivity index (χ3n) is 4.61. The maximum Gasteiger partial charge on any atom is 0.136 e. The number of unbranched alkanes of at least 4 members (excludes halogenated alkanes) is 2. The lowest BCUT2D eigenvalue weighted by Crippen LogP contribution is -2.39. The third kappa shape index (κ3) is 5.62. The Kier molecular flexibility index (Phi) is 7.62. The second-order valence-corrected chi connectivity index (χ2v) is 6.16. The highest BCUT2D eigenvalue weighted by atomic mass is 16.1. The number of carbonyl (C=O) groups excluding carboxylic acids is 1. The average molecular weight is 268 g/mol. The molecule has 0 aliphatic carbocycles. The van der Waals surface area contributed by atoms with Gasteiger partial charge >= 0.3 is 0 Å². The first-order chi connectivity index (χ1) is 9.08. The summed E-state index contributed by atoms with van der Waals surface area (Å²) in [6.07, 6.45) is 10.4. The van der Waals surface area contributed by atoms with Gasteiger partial charge in [0.1, 0.15) is 5.78 Å². The van der Waals surface area contributed by atoms with Crippen molar-refractivity contribution in [3.8, 4) is 0 Å². The largest absolute Gasteiger partial charge is 0.328 e. The molecule has 2 heterocycles. The lowest BCUT2D eigenvalue weighted by atomic mass is 10.0. The summed E-state index contributed by atoms with van der Waals surface area (Å²) < 4.78 is 0. The van der Waals surface area contributed by atoms with E-state index in [1.165, 1.54) is 38.5 Å². The number of carbonyl (C=O) groups is 1. The Morgan fingerprint density at radius 2 is 1.79 bits per heavy atom. The Morgan fingerprint density at radius 3 is 2.26 bits per heavy atom. The van der Waals surface area contributed by atoms with E-state index in [0.717, 1.165) is 19.3 Å². The molecule has 3 atom stereocenters. The standard InChI is InChI=1S/C8H13NO.C8H19N/c1-9-6-2-3-7(9)5-8(10)4-6;1-3-5-6-7-8(9)4-2/h6-7H,2-5H2,1H3;8H,3-7,9H2,1-2H3. The Hall–Kier alpha value is -0.410. The van der Waals surface area contributed by atoms with Crippen molar-refractivity contribution in [3.63, 3.8) is 0 Å². The molecule has 0 saturated carbocycles. The van der Waals surface area contributed by atoms with E-state index in [9.17, 15) is 4.79 Å². The number of rotatable bonds is 5. The van der Waals surface area contributed by atoms with E-state index in [1.807, 2.05) is 0 Å². The van der Waals surface area contributed by atoms with Crippen molar-refractivity contribution in [2.75, 3.05) is 7.05 Å². The number of ketones is 1. The zero-order valence-corrected chi connectivity index (χ0v) is 13.0. The molecule has 2 bridgehead atoms. The molecule has 0 aromatic carbocycles. The van der Waals surface area contributed by atoms with E-state index in [0.29, 0.717) is 23.9 Å². The lowest BCUT2D eigenvalue weighted by Gasteiger charge is -2.29. The molecule has 0 amide bonds. The molecule has 0 aromatic heterocycles. The quantitative estimate of drug-likeness (QED) is 0.779. The summed E-state index contributed by atoms with van der Waals surface area (Å²) in [7, 11) is 2.15. The van der Waals surface area contributed by atoms with Gasteiger partial charge in [-0.15, -0.1) is 0 Å². The van der Waals surface area contributed by atoms with Crippen LogP contribution in [0.1, 0.15) is 71.6 Å². The number of Topliss-reactive ketones (excluding diaryl/α,β-unsaturated/α-hetero) is 1. The fourth-order valence-corrected chi connectivity index (χ4v) is 3.05. The molecule has 2 aliphatic rings. The Bertz CT molecular complexity index is 251. The molecular formula is C16H32N2O. The number of fused-ring (bicyclic) bond motifs is 2. The van der Waals surface area contributed by atoms with Gasteiger partial charge < -0.3 is 5.73 Å². The number of nitrogens with two attached hydrogens (primary N) is 1. The van der Waals surface area contributed by atoms with Crippen LogP contribution >= 0.6 is 0 Å². The molecule has 3 unspecified atom stereocenters. The number of hydrogen-bond donors (Lipinski definition) is 1. The first-order valence-corrected chi connectivity index (χ1v) is 8.07. The second-order valence-electron chi connectivity index (χ2n) is 6.16. The minimum Gasteiger partial charge on any atom is -0.328 e. The van der Waals surface area contributed by atoms with Crippen molar-refractivity contribution in [1.82, 2.24) is 4.90 Å². The van der Waals surface area contributed by atoms with Crippen LogP contribution in [-0.2, 0) is 4.79 Å². The maximum absolute atomic E-state index is 11.0. The highest BCUT2D eigenvalue weighted by molar-refractivity contribution is 5.80. The van der Waals surface area contributed by atoms with Gasteiger partial charge in [-0.1, -0.05) is 33.1 Å². The maximum atomic E-state index is 11.0. The third-order valence-corrected chi connectivity index (χ3v) is 4.61. The van der Waals surface area contributed by atoms with Crippen LogP contribution in [0.25, 0.3) is 0 Å². The molecular weight excluding hydrogens is 236 g/mol. The van der Waals surface area contributed by atoms with E-state index in [4.69, 9.17) is 5.73 Å². The topological polar surface area (TPSA) is 46.3 Å². The summed E-state index contributed by atoms with van der Waals surface area (Å²) >= 11 is 0. The van der Waals surface area contributed by atoms with Gasteiger partial charge in [-0.25, -0.2) is 0 Å². The normalized spacial score (nSPS) is 27.9. The van der Waals surface area contributed by atoms with Crippen molar-refractivity contribution in [2.24, 2.45) is 5.73 Å². The minimum absolute atomic E-state index is 0.455. The molecule has 3 nitrogen and oxygen atoms in total. The summed E-state index contributed by atoms with van der Waals surface area (Å²) in [6.45, 7) is 4.37. The van der Waals surface area contributed by atoms with Crippen LogP contribution in [0.5, 0.6) is 0 Å². The molecule has 2 saturated heterocycles. The van der Waals surface area contributed by atoms with Gasteiger partial charge in [0.2, 0.25) is 0 Å². The summed E-state index contributed by atoms with van der Waals surface area (Å²) in [5.41, 5.74) is 5.71. The van der Waals surface area contributed by atoms with Gasteiger partial charge in [-0.05, 0) is 32.7 Å². The Morgan fingerprint density at radius 1 is 1.21 bits per heavy atom. The van der Waals surface area contributed by atoms with Gasteiger partial charge in [-0.3, -0.25) is 9.69 Å². The van der Waals surface area contributed by atoms with Crippen molar-refractivity contribution in [1.29, 1.82) is 0 Å². The van der Waals surface area contributed by atoms with E-state index in [1.54, 1.807) is 0 Å². The summed E-state index contributed by atoms with van der Waals surface area (Å²) in [5, 5.41) is 0. The van der Waals surface area contributed by atoms with Crippen LogP contribution in [0.3, 0.4) is 0 Å². The summed E-state index contributed by atoms with van der Waals surface area (Å²) in [5.74, 6) is 0.477. The predicted octanol–water partition coefficient (Wildman–Crippen LogP) is 3.12. The molecule has 112 valence electrons. The molecule has 0 aromatic rings. The molecule has 2 fully saturated rings. The van der Waals surface area contributed by atoms with E-state index < -0.39 is 0 Å². The van der Waals surface area contributed by atoms with E-state index >= 15 is 0 Å². The molecule has 3 heteroatoms. The zero-order chi connectivity index (χ0) is 14.3. The first kappa shape index (κ1) is 16.6. The van der Waals surface area contributed by atoms with Crippen LogP contribution in [-0.4, -0.2) is 35.9 Å². The molecule has 19 heavy (non-hydrogen) atoms. The van der Waals surface area contributed by atoms with Gasteiger partial charge in [0.05, 0.1) is 0 Å². The number of nitrogens with zero attached hydrogens (tertiary/aromatic N) is 1. The van der Waals surface area contributed by atoms with Gasteiger partial charge in [-0.2, -0.15) is 0 Å². The average Bonchev–Trinajstić information content (AvgIpc) is 2.63. The second kappa shape index (κ2) is 8.70. The number of piperidine rings is 1. The molecule has 2 N–H and O–H groups in total. The van der Waals surface area contributed by atoms with Crippen molar-refractivity contribution in [3.05, 3.63) is 0 Å². The van der Waals surface area contributed by atoms with Crippen LogP contribution in [0.15, 0.2) is 0 Å².